The second-order valence-electron chi connectivity index (χ2n) is 5.13. The van der Waals surface area contributed by atoms with Crippen LogP contribution in [0.2, 0.25) is 0 Å². The summed E-state index contributed by atoms with van der Waals surface area (Å²) < 4.78 is 43.0. The molecule has 0 spiro atoms. The van der Waals surface area contributed by atoms with E-state index in [2.05, 4.69) is 0 Å². The van der Waals surface area contributed by atoms with Crippen LogP contribution in [0, 0.1) is 11.6 Å². The van der Waals surface area contributed by atoms with Crippen LogP contribution in [0.25, 0.3) is 6.08 Å². The van der Waals surface area contributed by atoms with Gasteiger partial charge >= 0.3 is 0 Å². The Morgan fingerprint density at radius 3 is 2.61 bits per heavy atom. The summed E-state index contributed by atoms with van der Waals surface area (Å²) in [6, 6.07) is 6.93. The Morgan fingerprint density at radius 2 is 1.78 bits per heavy atom. The fourth-order valence-electron chi connectivity index (χ4n) is 2.54. The summed E-state index contributed by atoms with van der Waals surface area (Å²) in [6.07, 6.45) is 1.30. The topological polar surface area (TPSA) is 44.8 Å². The lowest BCUT2D eigenvalue weighted by Crippen LogP contribution is -2.19. The van der Waals surface area contributed by atoms with Gasteiger partial charge in [-0.25, -0.2) is 8.78 Å². The molecule has 0 aliphatic carbocycles. The smallest absolute Gasteiger partial charge is 0.231 e. The lowest BCUT2D eigenvalue weighted by atomic mass is 9.97. The molecule has 0 aromatic heterocycles. The first-order valence-corrected chi connectivity index (χ1v) is 6.89. The fourth-order valence-corrected chi connectivity index (χ4v) is 2.54. The predicted molar refractivity (Wildman–Crippen MR) is 76.7 cm³/mol. The molecule has 116 valence electrons. The summed E-state index contributed by atoms with van der Waals surface area (Å²) in [7, 11) is 0. The van der Waals surface area contributed by atoms with Crippen molar-refractivity contribution in [3.05, 3.63) is 58.7 Å². The first kappa shape index (κ1) is 13.8. The van der Waals surface area contributed by atoms with Crippen LogP contribution in [0.4, 0.5) is 8.78 Å². The Bertz CT molecular complexity index is 858. The molecule has 0 N–H and O–H groups in total. The lowest BCUT2D eigenvalue weighted by Gasteiger charge is -2.19. The van der Waals surface area contributed by atoms with Gasteiger partial charge in [-0.1, -0.05) is 12.1 Å². The Labute approximate surface area is 129 Å². The van der Waals surface area contributed by atoms with E-state index >= 15 is 0 Å². The second kappa shape index (κ2) is 5.08. The zero-order valence-corrected chi connectivity index (χ0v) is 11.8. The van der Waals surface area contributed by atoms with Crippen LogP contribution in [-0.4, -0.2) is 19.2 Å². The van der Waals surface area contributed by atoms with E-state index in [-0.39, 0.29) is 30.3 Å². The number of rotatable bonds is 1. The molecule has 23 heavy (non-hydrogen) atoms. The number of carbonyl (C=O) groups excluding carboxylic acids is 1. The molecule has 2 aliphatic rings. The number of fused-ring (bicyclic) bond motifs is 2. The largest absolute Gasteiger partial charge is 0.488 e. The summed E-state index contributed by atoms with van der Waals surface area (Å²) in [5.41, 5.74) is 0.547. The van der Waals surface area contributed by atoms with Crippen molar-refractivity contribution >= 4 is 11.9 Å². The van der Waals surface area contributed by atoms with Gasteiger partial charge < -0.3 is 14.2 Å². The first-order valence-electron chi connectivity index (χ1n) is 6.89. The van der Waals surface area contributed by atoms with Crippen LogP contribution < -0.4 is 14.2 Å². The van der Waals surface area contributed by atoms with Crippen LogP contribution in [0.5, 0.6) is 17.2 Å². The highest BCUT2D eigenvalue weighted by atomic mass is 19.2. The summed E-state index contributed by atoms with van der Waals surface area (Å²) in [5.74, 6) is -0.917. The number of hydrogen-bond donors (Lipinski definition) is 0. The molecule has 0 atom stereocenters. The van der Waals surface area contributed by atoms with E-state index in [9.17, 15) is 13.6 Å². The van der Waals surface area contributed by atoms with E-state index in [1.54, 1.807) is 6.07 Å². The number of hydrogen-bond acceptors (Lipinski definition) is 4. The molecule has 4 nitrogen and oxygen atoms in total. The van der Waals surface area contributed by atoms with Crippen molar-refractivity contribution in [2.45, 2.75) is 0 Å². The number of benzene rings is 2. The summed E-state index contributed by atoms with van der Waals surface area (Å²) >= 11 is 0. The van der Waals surface area contributed by atoms with E-state index in [0.29, 0.717) is 22.8 Å². The maximum Gasteiger partial charge on any atom is 0.231 e. The molecule has 2 aliphatic heterocycles. The van der Waals surface area contributed by atoms with Gasteiger partial charge in [-0.2, -0.15) is 0 Å². The monoisotopic (exact) mass is 316 g/mol. The molecular formula is C17H10F2O4. The van der Waals surface area contributed by atoms with Gasteiger partial charge in [0, 0.05) is 17.2 Å². The first-order chi connectivity index (χ1) is 11.1. The molecule has 2 aromatic carbocycles. The van der Waals surface area contributed by atoms with E-state index in [4.69, 9.17) is 14.2 Å². The van der Waals surface area contributed by atoms with E-state index in [1.165, 1.54) is 24.3 Å². The SMILES string of the molecule is O=C1C(=Cc2cccc(F)c2F)COc2cc3c(cc21)OCO3. The third kappa shape index (κ3) is 2.23. The molecule has 2 heterocycles. The number of ether oxygens (including phenoxy) is 3. The third-order valence-electron chi connectivity index (χ3n) is 3.71. The molecule has 0 unspecified atom stereocenters. The van der Waals surface area contributed by atoms with Crippen molar-refractivity contribution in [3.8, 4) is 17.2 Å². The Balaban J connectivity index is 1.75. The molecule has 0 fully saturated rings. The second-order valence-corrected chi connectivity index (χ2v) is 5.13. The van der Waals surface area contributed by atoms with Gasteiger partial charge in [0.1, 0.15) is 12.4 Å². The number of Topliss-reactive ketones (excluding diaryl/α,β-unsaturated/α-hetero) is 1. The highest BCUT2D eigenvalue weighted by molar-refractivity contribution is 6.14. The quantitative estimate of drug-likeness (QED) is 0.757. The minimum absolute atomic E-state index is 0.00106. The highest BCUT2D eigenvalue weighted by Crippen LogP contribution is 2.40. The van der Waals surface area contributed by atoms with Gasteiger partial charge in [0.15, 0.2) is 28.9 Å². The summed E-state index contributed by atoms with van der Waals surface area (Å²) in [4.78, 5) is 12.6. The van der Waals surface area contributed by atoms with Gasteiger partial charge in [-0.05, 0) is 18.2 Å². The van der Waals surface area contributed by atoms with Crippen LogP contribution in [-0.2, 0) is 0 Å². The summed E-state index contributed by atoms with van der Waals surface area (Å²) in [6.45, 7) is 0.0606. The average Bonchev–Trinajstić information content (AvgIpc) is 3.00. The Morgan fingerprint density at radius 1 is 1.00 bits per heavy atom. The van der Waals surface area contributed by atoms with Gasteiger partial charge in [0.05, 0.1) is 5.56 Å². The zero-order valence-electron chi connectivity index (χ0n) is 11.8. The number of halogens is 2. The number of carbonyl (C=O) groups is 1. The standard InChI is InChI=1S/C17H10F2O4/c18-12-3-1-2-9(16(12)19)4-10-7-21-13-6-15-14(22-8-23-15)5-11(13)17(10)20/h1-6H,7-8H2. The minimum Gasteiger partial charge on any atom is -0.488 e. The molecule has 6 heteroatoms. The van der Waals surface area contributed by atoms with Crippen LogP contribution >= 0.6 is 0 Å². The summed E-state index contributed by atoms with van der Waals surface area (Å²) in [5, 5.41) is 0. The van der Waals surface area contributed by atoms with Crippen molar-refractivity contribution < 1.29 is 27.8 Å². The van der Waals surface area contributed by atoms with Crippen molar-refractivity contribution in [2.75, 3.05) is 13.4 Å². The molecule has 0 radical (unpaired) electrons. The van der Waals surface area contributed by atoms with E-state index in [0.717, 1.165) is 6.07 Å². The fraction of sp³-hybridized carbons (Fsp3) is 0.118. The number of ketones is 1. The van der Waals surface area contributed by atoms with Crippen LogP contribution in [0.15, 0.2) is 35.9 Å². The molecule has 0 amide bonds. The van der Waals surface area contributed by atoms with Gasteiger partial charge in [0.25, 0.3) is 0 Å². The van der Waals surface area contributed by atoms with Crippen LogP contribution in [0.1, 0.15) is 15.9 Å². The molecule has 0 saturated heterocycles. The molecule has 0 bridgehead atoms. The predicted octanol–water partition coefficient (Wildman–Crippen LogP) is 3.35. The van der Waals surface area contributed by atoms with Crippen molar-refractivity contribution in [2.24, 2.45) is 0 Å². The van der Waals surface area contributed by atoms with E-state index in [1.807, 2.05) is 0 Å². The van der Waals surface area contributed by atoms with Gasteiger partial charge in [-0.15, -0.1) is 0 Å². The van der Waals surface area contributed by atoms with Crippen molar-refractivity contribution in [1.82, 2.24) is 0 Å². The average molecular weight is 316 g/mol. The highest BCUT2D eigenvalue weighted by Gasteiger charge is 2.28. The van der Waals surface area contributed by atoms with Crippen molar-refractivity contribution in [3.63, 3.8) is 0 Å². The zero-order chi connectivity index (χ0) is 16.0. The maximum atomic E-state index is 13.8. The normalized spacial score (nSPS) is 17.1. The molecule has 0 saturated carbocycles. The molecule has 2 aromatic rings. The Hall–Kier alpha value is -2.89. The third-order valence-corrected chi connectivity index (χ3v) is 3.71. The lowest BCUT2D eigenvalue weighted by molar-refractivity contribution is 0.100. The van der Waals surface area contributed by atoms with Crippen molar-refractivity contribution in [1.29, 1.82) is 0 Å². The molecular weight excluding hydrogens is 306 g/mol. The van der Waals surface area contributed by atoms with Crippen LogP contribution in [0.3, 0.4) is 0 Å². The maximum absolute atomic E-state index is 13.8. The van der Waals surface area contributed by atoms with Gasteiger partial charge in [0.2, 0.25) is 6.79 Å². The van der Waals surface area contributed by atoms with E-state index < -0.39 is 11.6 Å². The Kier molecular flexibility index (Phi) is 3.04. The molecule has 4 rings (SSSR count). The van der Waals surface area contributed by atoms with Gasteiger partial charge in [-0.3, -0.25) is 4.79 Å². The minimum atomic E-state index is -0.996.